The smallest absolute Gasteiger partial charge is 0.213 e. The third kappa shape index (κ3) is 2.86. The third-order valence-electron chi connectivity index (χ3n) is 1.25. The van der Waals surface area contributed by atoms with Gasteiger partial charge in [0.2, 0.25) is 5.95 Å². The van der Waals surface area contributed by atoms with Crippen LogP contribution in [-0.2, 0) is 0 Å². The van der Waals surface area contributed by atoms with Gasteiger partial charge in [0.05, 0.1) is 13.3 Å². The molecular weight excluding hydrogens is 157 g/mol. The quantitative estimate of drug-likeness (QED) is 0.606. The van der Waals surface area contributed by atoms with Crippen molar-refractivity contribution in [3.05, 3.63) is 23.8 Å². The number of hydrogen-bond donors (Lipinski definition) is 0. The maximum atomic E-state index is 12.3. The van der Waals surface area contributed by atoms with Gasteiger partial charge in [-0.1, -0.05) is 13.8 Å². The van der Waals surface area contributed by atoms with E-state index in [0.717, 1.165) is 5.56 Å². The van der Waals surface area contributed by atoms with Crippen LogP contribution in [0.15, 0.2) is 12.3 Å². The molecule has 0 N–H and O–H groups in total. The lowest BCUT2D eigenvalue weighted by atomic mass is 10.3. The summed E-state index contributed by atoms with van der Waals surface area (Å²) < 4.78 is 17.2. The van der Waals surface area contributed by atoms with E-state index in [1.54, 1.807) is 6.92 Å². The van der Waals surface area contributed by atoms with Gasteiger partial charge in [0.25, 0.3) is 0 Å². The van der Waals surface area contributed by atoms with E-state index in [1.165, 1.54) is 19.4 Å². The minimum atomic E-state index is -0.474. The molecule has 0 radical (unpaired) electrons. The largest absolute Gasteiger partial charge is 0.495 e. The standard InChI is InChI=1S/C7H8FNO.C2H6/c1-5-3-7(8)9-4-6(5)10-2;1-2/h3-4H,1-2H3;1-2H3. The van der Waals surface area contributed by atoms with Gasteiger partial charge in [0.15, 0.2) is 0 Å². The first kappa shape index (κ1) is 10.9. The van der Waals surface area contributed by atoms with E-state index in [-0.39, 0.29) is 0 Å². The van der Waals surface area contributed by atoms with Crippen LogP contribution in [0.4, 0.5) is 4.39 Å². The maximum Gasteiger partial charge on any atom is 0.213 e. The molecule has 0 aliphatic carbocycles. The summed E-state index contributed by atoms with van der Waals surface area (Å²) in [6.07, 6.45) is 1.37. The zero-order chi connectivity index (χ0) is 9.56. The van der Waals surface area contributed by atoms with Gasteiger partial charge in [-0.2, -0.15) is 4.39 Å². The van der Waals surface area contributed by atoms with Crippen LogP contribution in [0.25, 0.3) is 0 Å². The second-order valence-electron chi connectivity index (χ2n) is 1.98. The summed E-state index contributed by atoms with van der Waals surface area (Å²) in [6, 6.07) is 1.33. The van der Waals surface area contributed by atoms with E-state index in [1.807, 2.05) is 13.8 Å². The van der Waals surface area contributed by atoms with E-state index in [9.17, 15) is 4.39 Å². The molecule has 68 valence electrons. The summed E-state index contributed by atoms with van der Waals surface area (Å²) in [5.41, 5.74) is 0.759. The molecule has 0 atom stereocenters. The summed E-state index contributed by atoms with van der Waals surface area (Å²) in [5, 5.41) is 0. The van der Waals surface area contributed by atoms with Crippen molar-refractivity contribution in [3.63, 3.8) is 0 Å². The molecule has 1 aromatic heterocycles. The number of nitrogens with zero attached hydrogens (tertiary/aromatic N) is 1. The Bertz CT molecular complexity index is 238. The Balaban J connectivity index is 0.000000561. The Morgan fingerprint density at radius 3 is 2.42 bits per heavy atom. The Labute approximate surface area is 72.4 Å². The van der Waals surface area contributed by atoms with Crippen molar-refractivity contribution in [2.24, 2.45) is 0 Å². The van der Waals surface area contributed by atoms with Crippen LogP contribution in [0, 0.1) is 12.9 Å². The summed E-state index contributed by atoms with van der Waals surface area (Å²) >= 11 is 0. The molecule has 0 fully saturated rings. The van der Waals surface area contributed by atoms with Crippen molar-refractivity contribution in [2.75, 3.05) is 7.11 Å². The third-order valence-corrected chi connectivity index (χ3v) is 1.25. The molecule has 0 amide bonds. The fraction of sp³-hybridized carbons (Fsp3) is 0.444. The molecule has 1 heterocycles. The Morgan fingerprint density at radius 2 is 2.00 bits per heavy atom. The Hall–Kier alpha value is -1.12. The monoisotopic (exact) mass is 171 g/mol. The Morgan fingerprint density at radius 1 is 1.42 bits per heavy atom. The van der Waals surface area contributed by atoms with Crippen LogP contribution >= 0.6 is 0 Å². The first-order valence-electron chi connectivity index (χ1n) is 3.90. The fourth-order valence-corrected chi connectivity index (χ4v) is 0.723. The van der Waals surface area contributed by atoms with Gasteiger partial charge in [0.1, 0.15) is 5.75 Å². The molecule has 0 aliphatic rings. The highest BCUT2D eigenvalue weighted by molar-refractivity contribution is 5.28. The number of aryl methyl sites for hydroxylation is 1. The van der Waals surface area contributed by atoms with Crippen molar-refractivity contribution in [1.82, 2.24) is 4.98 Å². The second-order valence-corrected chi connectivity index (χ2v) is 1.98. The van der Waals surface area contributed by atoms with Gasteiger partial charge in [-0.15, -0.1) is 0 Å². The minimum absolute atomic E-state index is 0.474. The summed E-state index contributed by atoms with van der Waals surface area (Å²) in [5.74, 6) is 0.139. The number of methoxy groups -OCH3 is 1. The molecular formula is C9H14FNO. The summed E-state index contributed by atoms with van der Waals surface area (Å²) in [4.78, 5) is 3.42. The van der Waals surface area contributed by atoms with Crippen LogP contribution < -0.4 is 4.74 Å². The van der Waals surface area contributed by atoms with E-state index in [0.29, 0.717) is 5.75 Å². The van der Waals surface area contributed by atoms with Crippen molar-refractivity contribution in [2.45, 2.75) is 20.8 Å². The molecule has 0 saturated carbocycles. The van der Waals surface area contributed by atoms with E-state index in [4.69, 9.17) is 4.74 Å². The molecule has 12 heavy (non-hydrogen) atoms. The molecule has 0 saturated heterocycles. The first-order valence-corrected chi connectivity index (χ1v) is 3.90. The SMILES string of the molecule is CC.COc1cnc(F)cc1C. The van der Waals surface area contributed by atoms with Gasteiger partial charge in [-0.05, 0) is 18.6 Å². The van der Waals surface area contributed by atoms with Crippen LogP contribution in [0.2, 0.25) is 0 Å². The molecule has 2 nitrogen and oxygen atoms in total. The predicted octanol–water partition coefficient (Wildman–Crippen LogP) is 2.56. The van der Waals surface area contributed by atoms with Crippen molar-refractivity contribution < 1.29 is 9.13 Å². The molecule has 0 unspecified atom stereocenters. The molecule has 1 aromatic rings. The van der Waals surface area contributed by atoms with Crippen LogP contribution in [0.1, 0.15) is 19.4 Å². The number of pyridine rings is 1. The number of halogens is 1. The number of aromatic nitrogens is 1. The summed E-state index contributed by atoms with van der Waals surface area (Å²) in [6.45, 7) is 5.77. The van der Waals surface area contributed by atoms with Gasteiger partial charge in [0, 0.05) is 0 Å². The molecule has 0 spiro atoms. The number of ether oxygens (including phenoxy) is 1. The average molecular weight is 171 g/mol. The average Bonchev–Trinajstić information content (AvgIpc) is 2.08. The van der Waals surface area contributed by atoms with Gasteiger partial charge in [-0.3, -0.25) is 0 Å². The van der Waals surface area contributed by atoms with E-state index < -0.39 is 5.95 Å². The molecule has 0 aromatic carbocycles. The lowest BCUT2D eigenvalue weighted by Crippen LogP contribution is -1.90. The van der Waals surface area contributed by atoms with Gasteiger partial charge < -0.3 is 4.74 Å². The van der Waals surface area contributed by atoms with Crippen molar-refractivity contribution >= 4 is 0 Å². The second kappa shape index (κ2) is 5.52. The highest BCUT2D eigenvalue weighted by Crippen LogP contribution is 2.14. The van der Waals surface area contributed by atoms with Crippen LogP contribution in [-0.4, -0.2) is 12.1 Å². The number of hydrogen-bond acceptors (Lipinski definition) is 2. The maximum absolute atomic E-state index is 12.3. The molecule has 1 rings (SSSR count). The molecule has 3 heteroatoms. The van der Waals surface area contributed by atoms with Gasteiger partial charge in [-0.25, -0.2) is 4.98 Å². The highest BCUT2D eigenvalue weighted by atomic mass is 19.1. The lowest BCUT2D eigenvalue weighted by molar-refractivity contribution is 0.406. The lowest BCUT2D eigenvalue weighted by Gasteiger charge is -2.01. The predicted molar refractivity (Wildman–Crippen MR) is 46.8 cm³/mol. The number of rotatable bonds is 1. The summed E-state index contributed by atoms with van der Waals surface area (Å²) in [7, 11) is 1.53. The zero-order valence-electron chi connectivity index (χ0n) is 7.89. The van der Waals surface area contributed by atoms with Crippen molar-refractivity contribution in [3.8, 4) is 5.75 Å². The minimum Gasteiger partial charge on any atom is -0.495 e. The molecule has 0 aliphatic heterocycles. The zero-order valence-corrected chi connectivity index (χ0v) is 7.89. The topological polar surface area (TPSA) is 22.1 Å². The van der Waals surface area contributed by atoms with Crippen LogP contribution in [0.5, 0.6) is 5.75 Å². The Kier molecular flexibility index (Phi) is 5.00. The van der Waals surface area contributed by atoms with E-state index in [2.05, 4.69) is 4.98 Å². The fourth-order valence-electron chi connectivity index (χ4n) is 0.723. The normalized spacial score (nSPS) is 8.42. The van der Waals surface area contributed by atoms with Crippen molar-refractivity contribution in [1.29, 1.82) is 0 Å². The first-order chi connectivity index (χ1) is 5.74. The van der Waals surface area contributed by atoms with E-state index >= 15 is 0 Å². The van der Waals surface area contributed by atoms with Gasteiger partial charge >= 0.3 is 0 Å². The highest BCUT2D eigenvalue weighted by Gasteiger charge is 1.98. The molecule has 0 bridgehead atoms. The van der Waals surface area contributed by atoms with Crippen LogP contribution in [0.3, 0.4) is 0 Å².